The second kappa shape index (κ2) is 9.67. The highest BCUT2D eigenvalue weighted by molar-refractivity contribution is 7.29. The molecule has 0 saturated carbocycles. The molecule has 2 aromatic heterocycles. The molecule has 0 spiro atoms. The Morgan fingerprint density at radius 1 is 0.892 bits per heavy atom. The first kappa shape index (κ1) is 23.2. The van der Waals surface area contributed by atoms with Crippen LogP contribution < -0.4 is 4.90 Å². The van der Waals surface area contributed by atoms with Crippen LogP contribution in [-0.4, -0.2) is 12.8 Å². The third kappa shape index (κ3) is 4.21. The Balaban J connectivity index is 1.34. The normalized spacial score (nSPS) is 12.7. The summed E-state index contributed by atoms with van der Waals surface area (Å²) in [5, 5.41) is 9.00. The van der Waals surface area contributed by atoms with E-state index in [0.717, 1.165) is 26.4 Å². The highest BCUT2D eigenvalue weighted by Gasteiger charge is 2.24. The van der Waals surface area contributed by atoms with Gasteiger partial charge in [0.1, 0.15) is 6.07 Å². The molecule has 3 aromatic carbocycles. The lowest BCUT2D eigenvalue weighted by Gasteiger charge is -2.34. The number of anilines is 2. The quantitative estimate of drug-likeness (QED) is 0.134. The Kier molecular flexibility index (Phi) is 6.05. The lowest BCUT2D eigenvalue weighted by atomic mass is 9.88. The molecule has 0 amide bonds. The zero-order chi connectivity index (χ0) is 25.4. The largest absolute Gasteiger partial charge is 0.341 e. The van der Waals surface area contributed by atoms with Gasteiger partial charge in [0.15, 0.2) is 6.29 Å². The van der Waals surface area contributed by atoms with E-state index in [1.54, 1.807) is 28.7 Å². The van der Waals surface area contributed by atoms with Crippen molar-refractivity contribution in [2.24, 2.45) is 0 Å². The van der Waals surface area contributed by atoms with Crippen molar-refractivity contribution in [1.29, 1.82) is 5.26 Å². The third-order valence-electron chi connectivity index (χ3n) is 6.57. The van der Waals surface area contributed by atoms with E-state index in [4.69, 9.17) is 5.26 Å². The molecule has 3 nitrogen and oxygen atoms in total. The number of rotatable bonds is 5. The second-order valence-corrected chi connectivity index (χ2v) is 11.0. The number of thiophene rings is 2. The molecule has 178 valence electrons. The first-order valence-corrected chi connectivity index (χ1v) is 13.7. The highest BCUT2D eigenvalue weighted by atomic mass is 32.1. The van der Waals surface area contributed by atoms with Crippen molar-refractivity contribution in [3.05, 3.63) is 112 Å². The van der Waals surface area contributed by atoms with E-state index < -0.39 is 0 Å². The van der Waals surface area contributed by atoms with Gasteiger partial charge in [-0.25, -0.2) is 0 Å². The summed E-state index contributed by atoms with van der Waals surface area (Å²) >= 11 is 3.33. The molecule has 1 aliphatic rings. The number of allylic oxidation sites excluding steroid dienone is 1. The van der Waals surface area contributed by atoms with Crippen LogP contribution in [0.1, 0.15) is 28.5 Å². The minimum Gasteiger partial charge on any atom is -0.341 e. The van der Waals surface area contributed by atoms with Crippen LogP contribution in [-0.2, 0) is 4.79 Å². The Morgan fingerprint density at radius 2 is 1.54 bits per heavy atom. The molecular formula is C32H22N2OS2. The fraction of sp³-hybridized carbons (Fsp3) is 0.0625. The summed E-state index contributed by atoms with van der Waals surface area (Å²) in [5.74, 6) is 0. The van der Waals surface area contributed by atoms with Crippen LogP contribution in [0.4, 0.5) is 11.4 Å². The fourth-order valence-electron chi connectivity index (χ4n) is 4.87. The van der Waals surface area contributed by atoms with E-state index in [1.165, 1.54) is 38.5 Å². The molecule has 3 heterocycles. The van der Waals surface area contributed by atoms with E-state index in [0.29, 0.717) is 6.29 Å². The number of fused-ring (bicyclic) bond motifs is 3. The van der Waals surface area contributed by atoms with Crippen molar-refractivity contribution in [3.63, 3.8) is 0 Å². The average Bonchev–Trinajstić information content (AvgIpc) is 3.51. The molecule has 6 rings (SSSR count). The van der Waals surface area contributed by atoms with Gasteiger partial charge >= 0.3 is 0 Å². The van der Waals surface area contributed by atoms with Crippen LogP contribution in [0.2, 0.25) is 0 Å². The van der Waals surface area contributed by atoms with Crippen LogP contribution >= 0.6 is 22.7 Å². The predicted octanol–water partition coefficient (Wildman–Crippen LogP) is 8.80. The molecule has 1 aliphatic heterocycles. The highest BCUT2D eigenvalue weighted by Crippen LogP contribution is 2.45. The summed E-state index contributed by atoms with van der Waals surface area (Å²) in [4.78, 5) is 15.5. The van der Waals surface area contributed by atoms with Crippen molar-refractivity contribution in [1.82, 2.24) is 0 Å². The summed E-state index contributed by atoms with van der Waals surface area (Å²) < 4.78 is 2.33. The SMILES string of the molecule is CCN1c2ccccc2C(=Cc2ccc(-c3cc4sc(/C=C(/C#N)C=O)cc4s3)cc2)c2ccccc21. The molecule has 0 saturated heterocycles. The van der Waals surface area contributed by atoms with Gasteiger partial charge in [0, 0.05) is 48.2 Å². The van der Waals surface area contributed by atoms with Gasteiger partial charge in [-0.15, -0.1) is 22.7 Å². The van der Waals surface area contributed by atoms with E-state index in [2.05, 4.69) is 96.8 Å². The molecule has 0 atom stereocenters. The fourth-order valence-corrected chi connectivity index (χ4v) is 7.23. The Hall–Kier alpha value is -4.24. The number of nitrogens with zero attached hydrogens (tertiary/aromatic N) is 2. The molecule has 0 bridgehead atoms. The van der Waals surface area contributed by atoms with Gasteiger partial charge in [-0.3, -0.25) is 4.79 Å². The first-order chi connectivity index (χ1) is 18.2. The van der Waals surface area contributed by atoms with Gasteiger partial charge in [0.25, 0.3) is 0 Å². The molecule has 5 heteroatoms. The maximum atomic E-state index is 10.9. The molecule has 37 heavy (non-hydrogen) atoms. The summed E-state index contributed by atoms with van der Waals surface area (Å²) in [6.45, 7) is 3.12. The third-order valence-corrected chi connectivity index (χ3v) is 8.86. The van der Waals surface area contributed by atoms with E-state index in [9.17, 15) is 4.79 Å². The monoisotopic (exact) mass is 514 g/mol. The van der Waals surface area contributed by atoms with Gasteiger partial charge in [-0.2, -0.15) is 5.26 Å². The number of carbonyl (C=O) groups excluding carboxylic acids is 1. The Morgan fingerprint density at radius 3 is 2.14 bits per heavy atom. The van der Waals surface area contributed by atoms with Crippen LogP contribution in [0, 0.1) is 11.3 Å². The second-order valence-electron chi connectivity index (χ2n) is 8.78. The van der Waals surface area contributed by atoms with Crippen molar-refractivity contribution in [2.45, 2.75) is 6.92 Å². The van der Waals surface area contributed by atoms with Gasteiger partial charge in [-0.1, -0.05) is 60.7 Å². The van der Waals surface area contributed by atoms with E-state index in [-0.39, 0.29) is 5.57 Å². The minimum absolute atomic E-state index is 0.143. The lowest BCUT2D eigenvalue weighted by Crippen LogP contribution is -2.22. The summed E-state index contributed by atoms with van der Waals surface area (Å²) in [6.07, 6.45) is 4.54. The van der Waals surface area contributed by atoms with Crippen LogP contribution in [0.3, 0.4) is 0 Å². The number of hydrogen-bond donors (Lipinski definition) is 0. The first-order valence-electron chi connectivity index (χ1n) is 12.1. The predicted molar refractivity (Wildman–Crippen MR) is 157 cm³/mol. The molecule has 5 aromatic rings. The van der Waals surface area contributed by atoms with E-state index >= 15 is 0 Å². The van der Waals surface area contributed by atoms with Crippen molar-refractivity contribution >= 4 is 67.5 Å². The molecule has 0 radical (unpaired) electrons. The van der Waals surface area contributed by atoms with Crippen LogP contribution in [0.15, 0.2) is 90.5 Å². The van der Waals surface area contributed by atoms with Crippen molar-refractivity contribution in [2.75, 3.05) is 11.4 Å². The van der Waals surface area contributed by atoms with Gasteiger partial charge < -0.3 is 4.90 Å². The number of benzene rings is 3. The summed E-state index contributed by atoms with van der Waals surface area (Å²) in [5.41, 5.74) is 8.73. The number of carbonyl (C=O) groups is 1. The molecule has 0 fully saturated rings. The van der Waals surface area contributed by atoms with Crippen LogP contribution in [0.5, 0.6) is 0 Å². The van der Waals surface area contributed by atoms with Gasteiger partial charge in [0.2, 0.25) is 0 Å². The maximum Gasteiger partial charge on any atom is 0.160 e. The maximum absolute atomic E-state index is 10.9. The zero-order valence-corrected chi connectivity index (χ0v) is 21.8. The zero-order valence-electron chi connectivity index (χ0n) is 20.1. The lowest BCUT2D eigenvalue weighted by molar-refractivity contribution is -0.104. The number of para-hydroxylation sites is 2. The smallest absolute Gasteiger partial charge is 0.160 e. The topological polar surface area (TPSA) is 44.1 Å². The number of nitriles is 1. The Bertz CT molecular complexity index is 1660. The number of hydrogen-bond acceptors (Lipinski definition) is 5. The van der Waals surface area contributed by atoms with Crippen LogP contribution in [0.25, 0.3) is 37.6 Å². The summed E-state index contributed by atoms with van der Waals surface area (Å²) in [6, 6.07) is 32.2. The summed E-state index contributed by atoms with van der Waals surface area (Å²) in [7, 11) is 0. The molecule has 0 aliphatic carbocycles. The van der Waals surface area contributed by atoms with E-state index in [1.807, 2.05) is 12.1 Å². The average molecular weight is 515 g/mol. The van der Waals surface area contributed by atoms with Gasteiger partial charge in [-0.05, 0) is 60.0 Å². The van der Waals surface area contributed by atoms with Gasteiger partial charge in [0.05, 0.1) is 5.57 Å². The molecule has 0 N–H and O–H groups in total. The molecular weight excluding hydrogens is 492 g/mol. The van der Waals surface area contributed by atoms with Crippen molar-refractivity contribution < 1.29 is 4.79 Å². The minimum atomic E-state index is 0.143. The number of aldehydes is 1. The standard InChI is InChI=1S/C32H22N2OS2/c1-2-34-28-9-5-3-7-25(28)27(26-8-4-6-10-29(26)34)16-21-11-13-23(14-12-21)30-18-32-31(37-30)17-24(36-32)15-22(19-33)20-35/h3-18,20H,2H2,1H3/b22-15-. The molecule has 0 unspecified atom stereocenters. The Labute approximate surface area is 223 Å². The van der Waals surface area contributed by atoms with Crippen molar-refractivity contribution in [3.8, 4) is 16.5 Å².